The van der Waals surface area contributed by atoms with Crippen LogP contribution in [-0.4, -0.2) is 36.2 Å². The van der Waals surface area contributed by atoms with E-state index in [0.717, 1.165) is 16.7 Å². The molecule has 2 aromatic carbocycles. The Hall–Kier alpha value is -2.92. The molecule has 0 fully saturated rings. The van der Waals surface area contributed by atoms with Crippen molar-refractivity contribution in [2.24, 2.45) is 0 Å². The zero-order valence-corrected chi connectivity index (χ0v) is 15.6. The van der Waals surface area contributed by atoms with E-state index < -0.39 is 17.5 Å². The van der Waals surface area contributed by atoms with Crippen LogP contribution in [0.3, 0.4) is 0 Å². The summed E-state index contributed by atoms with van der Waals surface area (Å²) in [7, 11) is 1.54. The van der Waals surface area contributed by atoms with Crippen molar-refractivity contribution in [2.45, 2.75) is 25.4 Å². The summed E-state index contributed by atoms with van der Waals surface area (Å²) in [6.07, 6.45) is 2.77. The minimum Gasteiger partial charge on any atom is -0.497 e. The van der Waals surface area contributed by atoms with Gasteiger partial charge in [-0.25, -0.2) is 4.79 Å². The number of aryl methyl sites for hydroxylation is 2. The van der Waals surface area contributed by atoms with E-state index in [-0.39, 0.29) is 12.4 Å². The van der Waals surface area contributed by atoms with Crippen molar-refractivity contribution in [1.29, 1.82) is 0 Å². The van der Waals surface area contributed by atoms with Crippen molar-refractivity contribution in [2.75, 3.05) is 13.7 Å². The van der Waals surface area contributed by atoms with E-state index in [1.54, 1.807) is 31.4 Å². The van der Waals surface area contributed by atoms with Crippen molar-refractivity contribution in [3.8, 4) is 5.75 Å². The smallest absolute Gasteiger partial charge is 0.338 e. The molecule has 0 heterocycles. The van der Waals surface area contributed by atoms with Crippen LogP contribution in [0.2, 0.25) is 0 Å². The monoisotopic (exact) mass is 366 g/mol. The average Bonchev–Trinajstić information content (AvgIpc) is 2.95. The summed E-state index contributed by atoms with van der Waals surface area (Å²) < 4.78 is 10.4. The minimum absolute atomic E-state index is 0.204. The lowest BCUT2D eigenvalue weighted by Crippen LogP contribution is -2.40. The number of hydrogen-bond donors (Lipinski definition) is 1. The van der Waals surface area contributed by atoms with Crippen LogP contribution in [-0.2, 0) is 9.53 Å². The number of ketones is 1. The van der Waals surface area contributed by atoms with E-state index in [9.17, 15) is 14.7 Å². The fourth-order valence-corrected chi connectivity index (χ4v) is 3.36. The Labute approximate surface area is 158 Å². The summed E-state index contributed by atoms with van der Waals surface area (Å²) in [5.74, 6) is -0.936. The fourth-order valence-electron chi connectivity index (χ4n) is 3.36. The van der Waals surface area contributed by atoms with Gasteiger partial charge in [0.15, 0.2) is 5.78 Å². The van der Waals surface area contributed by atoms with Gasteiger partial charge < -0.3 is 14.6 Å². The van der Waals surface area contributed by atoms with Crippen LogP contribution in [0.5, 0.6) is 5.75 Å². The number of aliphatic hydroxyl groups is 1. The van der Waals surface area contributed by atoms with Crippen molar-refractivity contribution in [3.63, 3.8) is 0 Å². The van der Waals surface area contributed by atoms with Crippen molar-refractivity contribution in [1.82, 2.24) is 0 Å². The summed E-state index contributed by atoms with van der Waals surface area (Å²) in [6.45, 7) is 3.56. The van der Waals surface area contributed by atoms with Gasteiger partial charge >= 0.3 is 5.97 Å². The molecule has 0 bridgehead atoms. The van der Waals surface area contributed by atoms with Crippen molar-refractivity contribution in [3.05, 3.63) is 76.9 Å². The maximum Gasteiger partial charge on any atom is 0.338 e. The molecule has 0 spiro atoms. The summed E-state index contributed by atoms with van der Waals surface area (Å²) in [6, 6.07) is 12.2. The van der Waals surface area contributed by atoms with Crippen LogP contribution < -0.4 is 4.74 Å². The molecule has 1 N–H and O–H groups in total. The Morgan fingerprint density at radius 1 is 1.15 bits per heavy atom. The average molecular weight is 366 g/mol. The molecule has 1 unspecified atom stereocenters. The van der Waals surface area contributed by atoms with E-state index >= 15 is 0 Å². The number of methoxy groups -OCH3 is 1. The molecule has 0 radical (unpaired) electrons. The van der Waals surface area contributed by atoms with E-state index in [1.165, 1.54) is 12.2 Å². The number of esters is 1. The molecule has 27 heavy (non-hydrogen) atoms. The first-order valence-corrected chi connectivity index (χ1v) is 8.68. The zero-order valence-electron chi connectivity index (χ0n) is 15.6. The highest BCUT2D eigenvalue weighted by Crippen LogP contribution is 2.38. The Morgan fingerprint density at radius 3 is 2.48 bits per heavy atom. The van der Waals surface area contributed by atoms with E-state index in [1.807, 2.05) is 32.0 Å². The Bertz CT molecular complexity index is 897. The second kappa shape index (κ2) is 7.37. The maximum atomic E-state index is 12.4. The quantitative estimate of drug-likeness (QED) is 0.823. The molecule has 140 valence electrons. The SMILES string of the molecule is COc1ccc(C(=O)OC[C@]2(O)C=CC(=O)C2c2ccc(C)cc2C)cc1. The predicted molar refractivity (Wildman–Crippen MR) is 101 cm³/mol. The minimum atomic E-state index is -1.57. The fraction of sp³-hybridized carbons (Fsp3) is 0.273. The first-order chi connectivity index (χ1) is 12.8. The third kappa shape index (κ3) is 3.78. The molecule has 0 saturated heterocycles. The first kappa shape index (κ1) is 18.9. The lowest BCUT2D eigenvalue weighted by atomic mass is 9.82. The van der Waals surface area contributed by atoms with Gasteiger partial charge in [-0.1, -0.05) is 23.8 Å². The molecule has 2 aromatic rings. The Morgan fingerprint density at radius 2 is 1.85 bits per heavy atom. The number of carbonyl (C=O) groups is 2. The van der Waals surface area contributed by atoms with E-state index in [2.05, 4.69) is 0 Å². The molecule has 3 rings (SSSR count). The van der Waals surface area contributed by atoms with Crippen LogP contribution in [0.4, 0.5) is 0 Å². The molecular weight excluding hydrogens is 344 g/mol. The molecule has 0 amide bonds. The van der Waals surface area contributed by atoms with Gasteiger partial charge in [-0.2, -0.15) is 0 Å². The van der Waals surface area contributed by atoms with Crippen LogP contribution in [0.1, 0.15) is 33.0 Å². The lowest BCUT2D eigenvalue weighted by molar-refractivity contribution is -0.120. The van der Waals surface area contributed by atoms with Gasteiger partial charge in [-0.15, -0.1) is 0 Å². The molecule has 1 aliphatic rings. The molecule has 5 nitrogen and oxygen atoms in total. The van der Waals surface area contributed by atoms with Crippen molar-refractivity contribution >= 4 is 11.8 Å². The predicted octanol–water partition coefficient (Wildman–Crippen LogP) is 3.12. The number of allylic oxidation sites excluding steroid dienone is 1. The van der Waals surface area contributed by atoms with Gasteiger partial charge in [0.1, 0.15) is 18.0 Å². The number of benzene rings is 2. The van der Waals surface area contributed by atoms with Gasteiger partial charge in [0.2, 0.25) is 0 Å². The van der Waals surface area contributed by atoms with Crippen molar-refractivity contribution < 1.29 is 24.2 Å². The first-order valence-electron chi connectivity index (χ1n) is 8.68. The number of carbonyl (C=O) groups excluding carboxylic acids is 2. The molecule has 5 heteroatoms. The second-order valence-corrected chi connectivity index (χ2v) is 6.82. The largest absolute Gasteiger partial charge is 0.497 e. The molecule has 2 atom stereocenters. The zero-order chi connectivity index (χ0) is 19.6. The molecule has 0 aromatic heterocycles. The highest BCUT2D eigenvalue weighted by molar-refractivity contribution is 6.00. The van der Waals surface area contributed by atoms with Crippen LogP contribution >= 0.6 is 0 Å². The maximum absolute atomic E-state index is 12.4. The number of ether oxygens (including phenoxy) is 2. The van der Waals surface area contributed by atoms with Crippen LogP contribution in [0.25, 0.3) is 0 Å². The Balaban J connectivity index is 1.78. The standard InChI is InChI=1S/C22H22O5/c1-14-4-9-18(15(2)12-14)20-19(23)10-11-22(20,25)13-27-21(24)16-5-7-17(26-3)8-6-16/h4-12,20,25H,13H2,1-3H3/t20?,22-/m1/s1. The van der Waals surface area contributed by atoms with Crippen LogP contribution in [0.15, 0.2) is 54.6 Å². The number of rotatable bonds is 5. The summed E-state index contributed by atoms with van der Waals surface area (Å²) in [5, 5.41) is 11.0. The topological polar surface area (TPSA) is 72.8 Å². The highest BCUT2D eigenvalue weighted by atomic mass is 16.5. The third-order valence-corrected chi connectivity index (χ3v) is 4.82. The van der Waals surface area contributed by atoms with E-state index in [4.69, 9.17) is 9.47 Å². The molecule has 0 aliphatic heterocycles. The van der Waals surface area contributed by atoms with E-state index in [0.29, 0.717) is 11.3 Å². The van der Waals surface area contributed by atoms with Gasteiger partial charge in [-0.05, 0) is 61.4 Å². The third-order valence-electron chi connectivity index (χ3n) is 4.82. The summed E-state index contributed by atoms with van der Waals surface area (Å²) in [4.78, 5) is 24.7. The van der Waals surface area contributed by atoms with Crippen LogP contribution in [0, 0.1) is 13.8 Å². The molecular formula is C22H22O5. The summed E-state index contributed by atoms with van der Waals surface area (Å²) in [5.41, 5.74) is 1.50. The van der Waals surface area contributed by atoms with Gasteiger partial charge in [0.25, 0.3) is 0 Å². The van der Waals surface area contributed by atoms with Gasteiger partial charge in [0.05, 0.1) is 18.6 Å². The molecule has 0 saturated carbocycles. The van der Waals surface area contributed by atoms with Gasteiger partial charge in [0, 0.05) is 0 Å². The highest BCUT2D eigenvalue weighted by Gasteiger charge is 2.45. The molecule has 1 aliphatic carbocycles. The Kier molecular flexibility index (Phi) is 5.15. The van der Waals surface area contributed by atoms with Gasteiger partial charge in [-0.3, -0.25) is 4.79 Å². The number of hydrogen-bond acceptors (Lipinski definition) is 5. The second-order valence-electron chi connectivity index (χ2n) is 6.82. The lowest BCUT2D eigenvalue weighted by Gasteiger charge is -2.29. The summed E-state index contributed by atoms with van der Waals surface area (Å²) >= 11 is 0. The normalized spacial score (nSPS) is 21.3.